The summed E-state index contributed by atoms with van der Waals surface area (Å²) >= 11 is 6.22. The van der Waals surface area contributed by atoms with Gasteiger partial charge in [0.1, 0.15) is 17.3 Å². The van der Waals surface area contributed by atoms with Gasteiger partial charge in [-0.2, -0.15) is 0 Å². The lowest BCUT2D eigenvalue weighted by Gasteiger charge is -2.42. The Bertz CT molecular complexity index is 1390. The lowest BCUT2D eigenvalue weighted by molar-refractivity contribution is -0.117. The fourth-order valence-corrected chi connectivity index (χ4v) is 5.97. The SMILES string of the molecule is C=C1C(c2ccc(OC)c(PC)c2)=CC=C(C)N1[C@@H](c1ccc(O)cc1)C(CC(C)=O)c1ccc(Cl)cc1. The van der Waals surface area contributed by atoms with Gasteiger partial charge in [0, 0.05) is 39.6 Å². The zero-order valence-electron chi connectivity index (χ0n) is 22.2. The summed E-state index contributed by atoms with van der Waals surface area (Å²) in [4.78, 5) is 14.8. The largest absolute Gasteiger partial charge is 0.508 e. The molecule has 3 atom stereocenters. The van der Waals surface area contributed by atoms with Gasteiger partial charge in [-0.15, -0.1) is 0 Å². The lowest BCUT2D eigenvalue weighted by atomic mass is 9.81. The normalized spacial score (nSPS) is 15.3. The Kier molecular flexibility index (Phi) is 8.76. The predicted molar refractivity (Wildman–Crippen MR) is 160 cm³/mol. The average molecular weight is 546 g/mol. The Hall–Kier alpha value is -3.33. The predicted octanol–water partition coefficient (Wildman–Crippen LogP) is 7.61. The zero-order chi connectivity index (χ0) is 27.4. The number of phenolic OH excluding ortho intramolecular Hbond substituents is 1. The molecule has 0 aromatic heterocycles. The monoisotopic (exact) mass is 545 g/mol. The van der Waals surface area contributed by atoms with Crippen LogP contribution in [0.25, 0.3) is 5.57 Å². The van der Waals surface area contributed by atoms with Crippen LogP contribution < -0.4 is 10.0 Å². The van der Waals surface area contributed by atoms with Crippen molar-refractivity contribution in [1.82, 2.24) is 4.90 Å². The third kappa shape index (κ3) is 5.88. The number of phenols is 1. The number of halogens is 1. The van der Waals surface area contributed by atoms with Crippen molar-refractivity contribution in [2.45, 2.75) is 32.2 Å². The van der Waals surface area contributed by atoms with Crippen molar-refractivity contribution in [3.8, 4) is 11.5 Å². The minimum absolute atomic E-state index is 0.0949. The minimum atomic E-state index is -0.251. The smallest absolute Gasteiger partial charge is 0.130 e. The Morgan fingerprint density at radius 2 is 1.71 bits per heavy atom. The van der Waals surface area contributed by atoms with Crippen molar-refractivity contribution in [1.29, 1.82) is 0 Å². The van der Waals surface area contributed by atoms with Crippen molar-refractivity contribution < 1.29 is 14.6 Å². The van der Waals surface area contributed by atoms with Crippen LogP contribution in [0, 0.1) is 0 Å². The third-order valence-corrected chi connectivity index (χ3v) is 8.13. The second-order valence-electron chi connectivity index (χ2n) is 9.47. The van der Waals surface area contributed by atoms with Gasteiger partial charge in [-0.3, -0.25) is 0 Å². The molecule has 2 unspecified atom stereocenters. The van der Waals surface area contributed by atoms with E-state index in [-0.39, 0.29) is 23.5 Å². The summed E-state index contributed by atoms with van der Waals surface area (Å²) in [5.74, 6) is 0.986. The second-order valence-corrected chi connectivity index (χ2v) is 10.9. The molecule has 3 aromatic rings. The van der Waals surface area contributed by atoms with Crippen LogP contribution in [0.2, 0.25) is 5.02 Å². The molecule has 4 nitrogen and oxygen atoms in total. The molecule has 3 aromatic carbocycles. The van der Waals surface area contributed by atoms with Gasteiger partial charge < -0.3 is 19.5 Å². The number of carbonyl (C=O) groups excluding carboxylic acids is 1. The van der Waals surface area contributed by atoms with Crippen LogP contribution in [0.5, 0.6) is 11.5 Å². The first-order valence-electron chi connectivity index (χ1n) is 12.5. The van der Waals surface area contributed by atoms with Crippen LogP contribution in [-0.4, -0.2) is 29.6 Å². The number of rotatable bonds is 9. The van der Waals surface area contributed by atoms with Gasteiger partial charge in [0.15, 0.2) is 0 Å². The minimum Gasteiger partial charge on any atom is -0.508 e. The second kappa shape index (κ2) is 12.0. The number of hydrogen-bond acceptors (Lipinski definition) is 4. The van der Waals surface area contributed by atoms with E-state index in [1.165, 1.54) is 0 Å². The molecule has 0 aliphatic carbocycles. The molecule has 196 valence electrons. The highest BCUT2D eigenvalue weighted by molar-refractivity contribution is 7.46. The quantitative estimate of drug-likeness (QED) is 0.281. The Morgan fingerprint density at radius 1 is 1.05 bits per heavy atom. The summed E-state index contributed by atoms with van der Waals surface area (Å²) in [5, 5.41) is 11.8. The van der Waals surface area contributed by atoms with E-state index in [4.69, 9.17) is 16.3 Å². The van der Waals surface area contributed by atoms with Crippen molar-refractivity contribution in [2.24, 2.45) is 0 Å². The summed E-state index contributed by atoms with van der Waals surface area (Å²) in [5.41, 5.74) is 5.93. The number of ketones is 1. The Balaban J connectivity index is 1.86. The molecule has 38 heavy (non-hydrogen) atoms. The average Bonchev–Trinajstić information content (AvgIpc) is 2.91. The van der Waals surface area contributed by atoms with E-state index < -0.39 is 0 Å². The van der Waals surface area contributed by atoms with Crippen LogP contribution in [0.3, 0.4) is 0 Å². The Morgan fingerprint density at radius 3 is 2.32 bits per heavy atom. The maximum atomic E-state index is 12.6. The van der Waals surface area contributed by atoms with Gasteiger partial charge in [0.25, 0.3) is 0 Å². The number of ether oxygens (including phenoxy) is 1. The highest BCUT2D eigenvalue weighted by Crippen LogP contribution is 2.46. The van der Waals surface area contributed by atoms with E-state index in [1.807, 2.05) is 42.5 Å². The van der Waals surface area contributed by atoms with Crippen molar-refractivity contribution in [3.63, 3.8) is 0 Å². The molecule has 4 rings (SSSR count). The summed E-state index contributed by atoms with van der Waals surface area (Å²) in [6.45, 7) is 10.4. The van der Waals surface area contributed by atoms with Crippen molar-refractivity contribution in [3.05, 3.63) is 119 Å². The first kappa shape index (κ1) is 27.7. The van der Waals surface area contributed by atoms with E-state index in [9.17, 15) is 9.90 Å². The standard InChI is InChI=1S/C32H33ClNO3P/c1-20-6-16-28(25-11-17-30(37-4)31(19-25)38-5)22(3)34(20)32(24-9-14-27(36)15-10-24)29(18-21(2)35)23-7-12-26(33)13-8-23/h6-17,19,29,32,36,38H,3,18H2,1-2,4-5H3/t29?,32-/m0/s1. The van der Waals surface area contributed by atoms with Crippen LogP contribution in [0.4, 0.5) is 0 Å². The van der Waals surface area contributed by atoms with Crippen LogP contribution in [-0.2, 0) is 4.79 Å². The summed E-state index contributed by atoms with van der Waals surface area (Å²) in [6.07, 6.45) is 4.55. The van der Waals surface area contributed by atoms with Crippen LogP contribution in [0.15, 0.2) is 96.9 Å². The summed E-state index contributed by atoms with van der Waals surface area (Å²) in [7, 11) is 2.28. The fourth-order valence-electron chi connectivity index (χ4n) is 5.11. The number of aromatic hydroxyl groups is 1. The molecule has 0 fully saturated rings. The topological polar surface area (TPSA) is 49.8 Å². The molecule has 0 spiro atoms. The molecule has 1 aliphatic rings. The molecule has 0 bridgehead atoms. The first-order chi connectivity index (χ1) is 18.2. The molecule has 1 N–H and O–H groups in total. The van der Waals surface area contributed by atoms with E-state index in [0.717, 1.165) is 44.7 Å². The third-order valence-electron chi connectivity index (χ3n) is 6.95. The highest BCUT2D eigenvalue weighted by atomic mass is 35.5. The molecule has 0 amide bonds. The first-order valence-corrected chi connectivity index (χ1v) is 14.4. The van der Waals surface area contributed by atoms with Gasteiger partial charge in [0.2, 0.25) is 0 Å². The molecular formula is C32H33ClNO3P. The highest BCUT2D eigenvalue weighted by Gasteiger charge is 2.35. The van der Waals surface area contributed by atoms with Crippen molar-refractivity contribution >= 4 is 36.8 Å². The van der Waals surface area contributed by atoms with E-state index in [0.29, 0.717) is 20.0 Å². The van der Waals surface area contributed by atoms with Crippen LogP contribution >= 0.6 is 20.2 Å². The number of nitrogens with zero attached hydrogens (tertiary/aromatic N) is 1. The maximum absolute atomic E-state index is 12.6. The van der Waals surface area contributed by atoms with Gasteiger partial charge in [-0.25, -0.2) is 0 Å². The molecule has 0 saturated heterocycles. The number of allylic oxidation sites excluding steroid dienone is 4. The fraction of sp³-hybridized carbons (Fsp3) is 0.219. The molecular weight excluding hydrogens is 513 g/mol. The number of carbonyl (C=O) groups is 1. The number of hydrogen-bond donors (Lipinski definition) is 1. The van der Waals surface area contributed by atoms with Gasteiger partial charge >= 0.3 is 0 Å². The molecule has 1 heterocycles. The Labute approximate surface area is 232 Å². The lowest BCUT2D eigenvalue weighted by Crippen LogP contribution is -2.33. The summed E-state index contributed by atoms with van der Waals surface area (Å²) in [6, 6.07) is 20.9. The number of benzene rings is 3. The molecule has 0 saturated carbocycles. The van der Waals surface area contributed by atoms with E-state index in [1.54, 1.807) is 26.2 Å². The van der Waals surface area contributed by atoms with E-state index >= 15 is 0 Å². The van der Waals surface area contributed by atoms with Gasteiger partial charge in [0.05, 0.1) is 13.2 Å². The zero-order valence-corrected chi connectivity index (χ0v) is 23.9. The number of methoxy groups -OCH3 is 1. The molecule has 0 radical (unpaired) electrons. The molecule has 6 heteroatoms. The van der Waals surface area contributed by atoms with Crippen LogP contribution in [0.1, 0.15) is 48.9 Å². The maximum Gasteiger partial charge on any atom is 0.130 e. The van der Waals surface area contributed by atoms with Gasteiger partial charge in [-0.05, 0) is 79.7 Å². The van der Waals surface area contributed by atoms with Crippen molar-refractivity contribution in [2.75, 3.05) is 13.8 Å². The number of Topliss-reactive ketones (excluding diaryl/α,β-unsaturated/α-hetero) is 1. The summed E-state index contributed by atoms with van der Waals surface area (Å²) < 4.78 is 5.56. The van der Waals surface area contributed by atoms with E-state index in [2.05, 4.69) is 49.4 Å². The van der Waals surface area contributed by atoms with Gasteiger partial charge in [-0.1, -0.05) is 63.2 Å². The molecule has 1 aliphatic heterocycles.